The normalized spacial score (nSPS) is 49.9. The number of allylic oxidation sites excluding steroid dienone is 4. The maximum atomic E-state index is 17.8. The molecule has 80 heavy (non-hydrogen) atoms. The van der Waals surface area contributed by atoms with Crippen molar-refractivity contribution in [2.24, 2.45) is 40.4 Å². The second kappa shape index (κ2) is 24.1. The molecule has 0 aromatic rings. The highest BCUT2D eigenvalue weighted by Crippen LogP contribution is 2.69. The highest BCUT2D eigenvalue weighted by molar-refractivity contribution is 5.93. The van der Waals surface area contributed by atoms with Crippen LogP contribution in [0.15, 0.2) is 23.8 Å². The number of rotatable bonds is 12. The van der Waals surface area contributed by atoms with E-state index in [1.54, 1.807) is 73.3 Å². The molecule has 20 heteroatoms. The number of cyclic esters (lactones) is 1. The number of nitrogens with zero attached hydrogens (tertiary/aromatic N) is 2. The Morgan fingerprint density at radius 1 is 0.900 bits per heavy atom. The summed E-state index contributed by atoms with van der Waals surface area (Å²) in [6.07, 6.45) is -5.75. The van der Waals surface area contributed by atoms with Crippen LogP contribution in [0.25, 0.3) is 0 Å². The standard InChI is InChI=1S/C60H100FN3O16/c1-16-45-58(12,73)49(68)36(6)64(25-17-24-62-53(71)59(74)23-21-40-41-19-18-38-27-39(65)20-22-55(38,9)60(41,61)44(67)29-56(40,59)10)31-54(8,72)28-43(66)48(80-52-33(3)42(63(13)14)26-32(2)76-52)34(4)47(35(5)51(70)78-45)79-46-30-57(11,75-15)50(69)37(7)77-46/h18,20,22,32-37,40-50,52,66-69,72-74H,16-17,19,21,23-31H2,1-15H3,(H,62,71)/t32-,33-,34+,35-,36-,37-,40?,41?,42-,43-,44+,45-,46-,47+,48-,49-,50-,52+,54?,55+,56+,57+,58-,59+,60+/m1/s1. The molecule has 8 N–H and O–H groups in total. The van der Waals surface area contributed by atoms with Crippen LogP contribution < -0.4 is 5.32 Å². The molecule has 7 aliphatic rings. The van der Waals surface area contributed by atoms with Crippen LogP contribution in [0, 0.1) is 40.4 Å². The van der Waals surface area contributed by atoms with Gasteiger partial charge in [0.2, 0.25) is 0 Å². The molecule has 0 aromatic heterocycles. The number of alkyl halides is 1. The monoisotopic (exact) mass is 1140 g/mol. The van der Waals surface area contributed by atoms with Gasteiger partial charge in [0.25, 0.3) is 5.91 Å². The predicted molar refractivity (Wildman–Crippen MR) is 294 cm³/mol. The number of methoxy groups -OCH3 is 1. The van der Waals surface area contributed by atoms with Crippen molar-refractivity contribution in [3.8, 4) is 0 Å². The number of fused-ring (bicyclic) bond motifs is 5. The van der Waals surface area contributed by atoms with E-state index in [2.05, 4.69) is 10.2 Å². The Morgan fingerprint density at radius 3 is 2.21 bits per heavy atom. The first-order chi connectivity index (χ1) is 37.1. The number of aliphatic hydroxyl groups excluding tert-OH is 4. The minimum Gasteiger partial charge on any atom is -0.459 e. The zero-order valence-electron chi connectivity index (χ0n) is 50.4. The highest BCUT2D eigenvalue weighted by Gasteiger charge is 2.74. The first kappa shape index (κ1) is 65.0. The lowest BCUT2D eigenvalue weighted by atomic mass is 9.45. The Kier molecular flexibility index (Phi) is 19.6. The lowest BCUT2D eigenvalue weighted by molar-refractivity contribution is -0.308. The number of ketones is 1. The van der Waals surface area contributed by atoms with E-state index in [9.17, 15) is 50.1 Å². The Labute approximate surface area is 474 Å². The van der Waals surface area contributed by atoms with Crippen molar-refractivity contribution in [3.05, 3.63) is 23.8 Å². The predicted octanol–water partition coefficient (Wildman–Crippen LogP) is 3.88. The van der Waals surface area contributed by atoms with E-state index in [4.69, 9.17) is 28.4 Å². The third-order valence-corrected chi connectivity index (χ3v) is 21.1. The summed E-state index contributed by atoms with van der Waals surface area (Å²) in [7, 11) is 5.45. The lowest BCUT2D eigenvalue weighted by Gasteiger charge is -2.61. The fourth-order valence-corrected chi connectivity index (χ4v) is 15.9. The third-order valence-electron chi connectivity index (χ3n) is 21.1. The zero-order chi connectivity index (χ0) is 59.6. The summed E-state index contributed by atoms with van der Waals surface area (Å²) in [6.45, 7) is 20.6. The zero-order valence-corrected chi connectivity index (χ0v) is 50.4. The molecule has 0 aromatic carbocycles. The average Bonchev–Trinajstić information content (AvgIpc) is 3.67. The first-order valence-corrected chi connectivity index (χ1v) is 29.6. The number of hydrogen-bond acceptors (Lipinski definition) is 18. The van der Waals surface area contributed by atoms with Crippen molar-refractivity contribution < 1.29 is 82.9 Å². The van der Waals surface area contributed by atoms with Crippen LogP contribution in [0.2, 0.25) is 0 Å². The molecular formula is C60H100FN3O16. The van der Waals surface area contributed by atoms with E-state index in [1.165, 1.54) is 20.1 Å². The van der Waals surface area contributed by atoms with Crippen molar-refractivity contribution in [2.75, 3.05) is 40.8 Å². The van der Waals surface area contributed by atoms with Crippen LogP contribution in [0.4, 0.5) is 4.39 Å². The molecule has 3 aliphatic heterocycles. The van der Waals surface area contributed by atoms with E-state index < -0.39 is 142 Å². The van der Waals surface area contributed by atoms with Crippen LogP contribution in [0.1, 0.15) is 147 Å². The van der Waals surface area contributed by atoms with Gasteiger partial charge in [-0.05, 0) is 126 Å². The second-order valence-corrected chi connectivity index (χ2v) is 27.0. The number of aliphatic hydroxyl groups is 7. The minimum absolute atomic E-state index is 0.0181. The van der Waals surface area contributed by atoms with Gasteiger partial charge in [0.15, 0.2) is 24.0 Å². The molecule has 3 unspecified atom stereocenters. The van der Waals surface area contributed by atoms with E-state index >= 15 is 4.39 Å². The average molecular weight is 1140 g/mol. The van der Waals surface area contributed by atoms with Gasteiger partial charge in [0, 0.05) is 86.7 Å². The van der Waals surface area contributed by atoms with Crippen molar-refractivity contribution >= 4 is 17.7 Å². The SMILES string of the molecule is CC[C@H]1OC(=O)[C@H](C)[C@@H](O[C@@H]2C[C@](C)(OC)[C@H](O)[C@@H](C)O2)[C@H](C)[C@@H](O[C@@H]2O[C@H](C)C[C@@H](N(C)C)[C@H]2C)[C@H](O)CC(C)(O)CN(CCCNC(=O)[C@@]2(O)CCC3C4CC=C5CC(=O)C=C[C@]5(C)[C@@]4(F)[C@@H](O)C[C@@]32C)[C@H](C)[C@@H](O)[C@]1(C)O. The number of carbonyl (C=O) groups is 3. The smallest absolute Gasteiger partial charge is 0.311 e. The van der Waals surface area contributed by atoms with Crippen LogP contribution in [-0.2, 0) is 42.8 Å². The number of carbonyl (C=O) groups excluding carboxylic acids is 3. The second-order valence-electron chi connectivity index (χ2n) is 27.0. The molecule has 3 saturated heterocycles. The topological polar surface area (TPSA) is 267 Å². The summed E-state index contributed by atoms with van der Waals surface area (Å²) in [5, 5.41) is 88.2. The van der Waals surface area contributed by atoms with Gasteiger partial charge in [-0.2, -0.15) is 0 Å². The minimum atomic E-state index is -2.12. The Morgan fingerprint density at radius 2 is 1.57 bits per heavy atom. The summed E-state index contributed by atoms with van der Waals surface area (Å²) < 4.78 is 56.2. The van der Waals surface area contributed by atoms with Crippen LogP contribution in [0.5, 0.6) is 0 Å². The van der Waals surface area contributed by atoms with Crippen molar-refractivity contribution in [3.63, 3.8) is 0 Å². The molecule has 0 radical (unpaired) electrons. The quantitative estimate of drug-likeness (QED) is 0.0783. The van der Waals surface area contributed by atoms with Gasteiger partial charge in [0.1, 0.15) is 29.5 Å². The van der Waals surface area contributed by atoms with Gasteiger partial charge in [-0.25, -0.2) is 4.39 Å². The fraction of sp³-hybridized carbons (Fsp3) is 0.883. The molecule has 1 amide bonds. The molecule has 458 valence electrons. The van der Waals surface area contributed by atoms with Crippen molar-refractivity contribution in [1.29, 1.82) is 0 Å². The molecule has 19 nitrogen and oxygen atoms in total. The maximum Gasteiger partial charge on any atom is 0.311 e. The van der Waals surface area contributed by atoms with Gasteiger partial charge < -0.3 is 74.4 Å². The van der Waals surface area contributed by atoms with E-state index in [-0.39, 0.29) is 94.8 Å². The number of amides is 1. The van der Waals surface area contributed by atoms with Crippen molar-refractivity contribution in [2.45, 2.75) is 255 Å². The number of β-amino-alcohol motifs (C(OH)–C–C–N with tert-alkyl or cyclic N) is 1. The number of hydrogen-bond donors (Lipinski definition) is 8. The molecule has 25 atom stereocenters. The summed E-state index contributed by atoms with van der Waals surface area (Å²) in [4.78, 5) is 45.3. The maximum absolute atomic E-state index is 17.8. The Balaban J connectivity index is 1.15. The number of esters is 1. The van der Waals surface area contributed by atoms with Gasteiger partial charge in [-0.3, -0.25) is 19.3 Å². The molecule has 3 heterocycles. The molecule has 4 aliphatic carbocycles. The number of ether oxygens (including phenoxy) is 6. The number of halogens is 1. The first-order valence-electron chi connectivity index (χ1n) is 29.6. The summed E-state index contributed by atoms with van der Waals surface area (Å²) in [5.41, 5.74) is -10.8. The van der Waals surface area contributed by atoms with Gasteiger partial charge in [-0.1, -0.05) is 45.4 Å². The Hall–Kier alpha value is -2.54. The third kappa shape index (κ3) is 11.8. The van der Waals surface area contributed by atoms with Crippen LogP contribution in [0.3, 0.4) is 0 Å². The molecule has 2 saturated carbocycles. The van der Waals surface area contributed by atoms with Gasteiger partial charge in [-0.15, -0.1) is 0 Å². The Bertz CT molecular complexity index is 2270. The largest absolute Gasteiger partial charge is 0.459 e. The summed E-state index contributed by atoms with van der Waals surface area (Å²) >= 11 is 0. The summed E-state index contributed by atoms with van der Waals surface area (Å²) in [5.74, 6) is -4.91. The summed E-state index contributed by atoms with van der Waals surface area (Å²) in [6, 6.07) is -0.901. The lowest BCUT2D eigenvalue weighted by Crippen LogP contribution is -2.69. The molecule has 0 bridgehead atoms. The van der Waals surface area contributed by atoms with E-state index in [0.29, 0.717) is 12.0 Å². The van der Waals surface area contributed by atoms with Gasteiger partial charge >= 0.3 is 5.97 Å². The number of nitrogens with one attached hydrogen (secondary N) is 1. The van der Waals surface area contributed by atoms with Crippen LogP contribution in [-0.4, -0.2) is 212 Å². The van der Waals surface area contributed by atoms with Crippen molar-refractivity contribution in [1.82, 2.24) is 15.1 Å². The fourth-order valence-electron chi connectivity index (χ4n) is 15.9. The molecule has 5 fully saturated rings. The molecule has 0 spiro atoms. The highest BCUT2D eigenvalue weighted by atomic mass is 19.1. The van der Waals surface area contributed by atoms with E-state index in [1.807, 2.05) is 34.0 Å². The van der Waals surface area contributed by atoms with Crippen LogP contribution >= 0.6 is 0 Å². The molecule has 7 rings (SSSR count). The van der Waals surface area contributed by atoms with E-state index in [0.717, 1.165) is 6.42 Å². The molecular weight excluding hydrogens is 1040 g/mol. The van der Waals surface area contributed by atoms with Gasteiger partial charge in [0.05, 0.1) is 53.7 Å².